The van der Waals surface area contributed by atoms with Crippen molar-refractivity contribution in [3.05, 3.63) is 83.3 Å². The van der Waals surface area contributed by atoms with Crippen LogP contribution in [-0.2, 0) is 16.1 Å². The second-order valence-corrected chi connectivity index (χ2v) is 7.83. The van der Waals surface area contributed by atoms with Crippen LogP contribution >= 0.6 is 0 Å². The van der Waals surface area contributed by atoms with E-state index in [1.165, 1.54) is 25.5 Å². The number of methoxy groups -OCH3 is 1. The molecule has 1 aromatic heterocycles. The summed E-state index contributed by atoms with van der Waals surface area (Å²) in [4.78, 5) is 24.7. The molecule has 180 valence electrons. The first-order valence-electron chi connectivity index (χ1n) is 10.9. The van der Waals surface area contributed by atoms with Gasteiger partial charge in [0, 0.05) is 0 Å². The number of esters is 1. The molecule has 0 aliphatic carbocycles. The number of nitriles is 1. The van der Waals surface area contributed by atoms with E-state index in [0.717, 1.165) is 5.56 Å². The minimum absolute atomic E-state index is 0.0969. The Balaban J connectivity index is 1.63. The fourth-order valence-corrected chi connectivity index (χ4v) is 3.11. The maximum absolute atomic E-state index is 12.3. The van der Waals surface area contributed by atoms with Crippen molar-refractivity contribution in [2.45, 2.75) is 26.3 Å². The van der Waals surface area contributed by atoms with Gasteiger partial charge in [0.05, 0.1) is 19.9 Å². The van der Waals surface area contributed by atoms with Crippen molar-refractivity contribution in [2.24, 2.45) is 0 Å². The van der Waals surface area contributed by atoms with Gasteiger partial charge in [-0.3, -0.25) is 4.79 Å². The molecule has 0 spiro atoms. The van der Waals surface area contributed by atoms with E-state index in [9.17, 15) is 14.9 Å². The number of amides is 1. The maximum Gasteiger partial charge on any atom is 0.349 e. The zero-order valence-corrected chi connectivity index (χ0v) is 19.7. The van der Waals surface area contributed by atoms with E-state index in [0.29, 0.717) is 23.0 Å². The SMILES string of the molecule is COc1cc(/C=C(\C#N)C(=O)NCc2ccco2)ccc1OC(=O)COc1cccc(C(C)C)c1. The van der Waals surface area contributed by atoms with Crippen LogP contribution in [0.4, 0.5) is 0 Å². The van der Waals surface area contributed by atoms with E-state index in [2.05, 4.69) is 19.2 Å². The van der Waals surface area contributed by atoms with Gasteiger partial charge < -0.3 is 23.9 Å². The maximum atomic E-state index is 12.3. The molecule has 1 N–H and O–H groups in total. The smallest absolute Gasteiger partial charge is 0.349 e. The topological polar surface area (TPSA) is 111 Å². The molecule has 0 bridgehead atoms. The lowest BCUT2D eigenvalue weighted by molar-refractivity contribution is -0.136. The number of hydrogen-bond donors (Lipinski definition) is 1. The molecule has 0 saturated carbocycles. The molecule has 0 radical (unpaired) electrons. The number of nitrogens with zero attached hydrogens (tertiary/aromatic N) is 1. The summed E-state index contributed by atoms with van der Waals surface area (Å²) in [6.45, 7) is 4.03. The molecule has 0 aliphatic heterocycles. The summed E-state index contributed by atoms with van der Waals surface area (Å²) < 4.78 is 21.4. The molecule has 0 saturated heterocycles. The Morgan fingerprint density at radius 1 is 1.11 bits per heavy atom. The van der Waals surface area contributed by atoms with Gasteiger partial charge in [0.25, 0.3) is 5.91 Å². The van der Waals surface area contributed by atoms with Crippen LogP contribution in [0.15, 0.2) is 70.9 Å². The van der Waals surface area contributed by atoms with Gasteiger partial charge >= 0.3 is 5.97 Å². The molecule has 0 atom stereocenters. The fourth-order valence-electron chi connectivity index (χ4n) is 3.11. The number of ether oxygens (including phenoxy) is 3. The molecule has 1 heterocycles. The van der Waals surface area contributed by atoms with Gasteiger partial charge in [-0.15, -0.1) is 0 Å². The van der Waals surface area contributed by atoms with Gasteiger partial charge in [-0.2, -0.15) is 5.26 Å². The molecule has 2 aromatic carbocycles. The van der Waals surface area contributed by atoms with Crippen molar-refractivity contribution in [2.75, 3.05) is 13.7 Å². The molecular weight excluding hydrogens is 448 g/mol. The second-order valence-electron chi connectivity index (χ2n) is 7.83. The Bertz CT molecular complexity index is 1240. The highest BCUT2D eigenvalue weighted by Gasteiger charge is 2.14. The second kappa shape index (κ2) is 12.1. The first-order valence-corrected chi connectivity index (χ1v) is 10.9. The minimum Gasteiger partial charge on any atom is -0.493 e. The van der Waals surface area contributed by atoms with Crippen LogP contribution in [0.5, 0.6) is 17.2 Å². The normalized spacial score (nSPS) is 11.0. The van der Waals surface area contributed by atoms with Crippen LogP contribution in [0.2, 0.25) is 0 Å². The monoisotopic (exact) mass is 474 g/mol. The van der Waals surface area contributed by atoms with Crippen molar-refractivity contribution < 1.29 is 28.2 Å². The Morgan fingerprint density at radius 2 is 1.94 bits per heavy atom. The Kier molecular flexibility index (Phi) is 8.68. The molecule has 0 unspecified atom stereocenters. The Hall–Kier alpha value is -4.51. The first kappa shape index (κ1) is 25.1. The van der Waals surface area contributed by atoms with Crippen molar-refractivity contribution >= 4 is 18.0 Å². The standard InChI is InChI=1S/C27H26N2O6/c1-18(2)20-6-4-7-22(14-20)34-17-26(30)35-24-10-9-19(13-25(24)32-3)12-21(15-28)27(31)29-16-23-8-5-11-33-23/h4-14,18H,16-17H2,1-3H3,(H,29,31)/b21-12+. The molecule has 35 heavy (non-hydrogen) atoms. The summed E-state index contributed by atoms with van der Waals surface area (Å²) in [5, 5.41) is 12.0. The number of rotatable bonds is 10. The zero-order valence-electron chi connectivity index (χ0n) is 19.7. The average Bonchev–Trinajstić information content (AvgIpc) is 3.39. The number of furan rings is 1. The summed E-state index contributed by atoms with van der Waals surface area (Å²) in [5.41, 5.74) is 1.53. The third kappa shape index (κ3) is 7.24. The molecule has 8 nitrogen and oxygen atoms in total. The minimum atomic E-state index is -0.600. The number of hydrogen-bond acceptors (Lipinski definition) is 7. The van der Waals surface area contributed by atoms with Crippen molar-refractivity contribution in [3.8, 4) is 23.3 Å². The quantitative estimate of drug-likeness (QED) is 0.198. The highest BCUT2D eigenvalue weighted by atomic mass is 16.6. The van der Waals surface area contributed by atoms with Gasteiger partial charge in [-0.1, -0.05) is 32.0 Å². The predicted molar refractivity (Wildman–Crippen MR) is 129 cm³/mol. The fraction of sp³-hybridized carbons (Fsp3) is 0.222. The van der Waals surface area contributed by atoms with Crippen molar-refractivity contribution in [3.63, 3.8) is 0 Å². The Morgan fingerprint density at radius 3 is 2.63 bits per heavy atom. The highest BCUT2D eigenvalue weighted by molar-refractivity contribution is 6.01. The van der Waals surface area contributed by atoms with Gasteiger partial charge in [0.15, 0.2) is 18.1 Å². The molecule has 8 heteroatoms. The average molecular weight is 475 g/mol. The predicted octanol–water partition coefficient (Wildman–Crippen LogP) is 4.62. The number of benzene rings is 2. The molecule has 3 rings (SSSR count). The third-order valence-electron chi connectivity index (χ3n) is 4.97. The van der Waals surface area contributed by atoms with E-state index in [-0.39, 0.29) is 30.2 Å². The highest BCUT2D eigenvalue weighted by Crippen LogP contribution is 2.29. The number of nitrogens with one attached hydrogen (secondary N) is 1. The molecular formula is C27H26N2O6. The molecule has 0 aliphatic rings. The van der Waals surface area contributed by atoms with Gasteiger partial charge in [0.2, 0.25) is 0 Å². The lowest BCUT2D eigenvalue weighted by Gasteiger charge is -2.12. The van der Waals surface area contributed by atoms with Crippen LogP contribution in [0, 0.1) is 11.3 Å². The van der Waals surface area contributed by atoms with E-state index < -0.39 is 11.9 Å². The van der Waals surface area contributed by atoms with Crippen LogP contribution < -0.4 is 19.5 Å². The van der Waals surface area contributed by atoms with Gasteiger partial charge in [-0.25, -0.2) is 4.79 Å². The molecule has 1 amide bonds. The van der Waals surface area contributed by atoms with E-state index in [1.807, 2.05) is 24.3 Å². The number of carbonyl (C=O) groups is 2. The van der Waals surface area contributed by atoms with Crippen molar-refractivity contribution in [1.82, 2.24) is 5.32 Å². The molecule has 0 fully saturated rings. The summed E-state index contributed by atoms with van der Waals surface area (Å²) in [7, 11) is 1.43. The van der Waals surface area contributed by atoms with Crippen LogP contribution in [0.1, 0.15) is 36.7 Å². The van der Waals surface area contributed by atoms with Crippen LogP contribution in [0.3, 0.4) is 0 Å². The van der Waals surface area contributed by atoms with E-state index in [4.69, 9.17) is 18.6 Å². The van der Waals surface area contributed by atoms with E-state index >= 15 is 0 Å². The zero-order chi connectivity index (χ0) is 25.2. The van der Waals surface area contributed by atoms with Crippen LogP contribution in [0.25, 0.3) is 6.08 Å². The van der Waals surface area contributed by atoms with Gasteiger partial charge in [0.1, 0.15) is 23.2 Å². The lowest BCUT2D eigenvalue weighted by atomic mass is 10.0. The third-order valence-corrected chi connectivity index (χ3v) is 4.97. The first-order chi connectivity index (χ1) is 16.9. The largest absolute Gasteiger partial charge is 0.493 e. The van der Waals surface area contributed by atoms with Crippen LogP contribution in [-0.4, -0.2) is 25.6 Å². The van der Waals surface area contributed by atoms with E-state index in [1.54, 1.807) is 30.3 Å². The summed E-state index contributed by atoms with van der Waals surface area (Å²) >= 11 is 0. The summed E-state index contributed by atoms with van der Waals surface area (Å²) in [6, 6.07) is 17.5. The van der Waals surface area contributed by atoms with Gasteiger partial charge in [-0.05, 0) is 59.5 Å². The summed E-state index contributed by atoms with van der Waals surface area (Å²) in [6.07, 6.45) is 2.91. The molecule has 3 aromatic rings. The summed E-state index contributed by atoms with van der Waals surface area (Å²) in [5.74, 6) is 0.798. The Labute approximate surface area is 203 Å². The van der Waals surface area contributed by atoms with Crippen molar-refractivity contribution in [1.29, 1.82) is 5.26 Å². The lowest BCUT2D eigenvalue weighted by Crippen LogP contribution is -2.23. The number of carbonyl (C=O) groups excluding carboxylic acids is 2.